The lowest BCUT2D eigenvalue weighted by molar-refractivity contribution is -0.122. The molecule has 0 spiro atoms. The maximum Gasteiger partial charge on any atom is 0.255 e. The van der Waals surface area contributed by atoms with Gasteiger partial charge in [0.2, 0.25) is 5.91 Å². The molecule has 2 atom stereocenters. The van der Waals surface area contributed by atoms with E-state index < -0.39 is 28.4 Å². The van der Waals surface area contributed by atoms with E-state index in [0.29, 0.717) is 12.8 Å². The van der Waals surface area contributed by atoms with E-state index in [4.69, 9.17) is 34.8 Å². The van der Waals surface area contributed by atoms with Gasteiger partial charge in [0.15, 0.2) is 0 Å². The van der Waals surface area contributed by atoms with Crippen LogP contribution in [0.15, 0.2) is 12.1 Å². The molecule has 1 heterocycles. The molecular formula is C14H11Cl3FNO2. The number of alkyl halides is 1. The number of fused-ring (bicyclic) bond motifs is 1. The van der Waals surface area contributed by atoms with Crippen LogP contribution in [-0.4, -0.2) is 16.7 Å². The maximum atomic E-state index is 14.1. The van der Waals surface area contributed by atoms with Crippen molar-refractivity contribution in [1.82, 2.24) is 0 Å². The molecule has 1 aromatic rings. The maximum absolute atomic E-state index is 14.1. The van der Waals surface area contributed by atoms with Crippen LogP contribution >= 0.6 is 34.8 Å². The number of carbonyl (C=O) groups excluding carboxylic acids is 2. The van der Waals surface area contributed by atoms with Gasteiger partial charge < -0.3 is 0 Å². The lowest BCUT2D eigenvalue weighted by atomic mass is 9.80. The third-order valence-electron chi connectivity index (χ3n) is 4.14. The number of anilines is 1. The molecule has 2 aliphatic rings. The molecule has 1 aliphatic carbocycles. The van der Waals surface area contributed by atoms with Gasteiger partial charge in [-0.3, -0.25) is 9.59 Å². The number of nitrogens with zero attached hydrogens (tertiary/aromatic N) is 1. The smallest absolute Gasteiger partial charge is 0.255 e. The third-order valence-corrected chi connectivity index (χ3v) is 5.48. The molecule has 2 unspecified atom stereocenters. The number of rotatable bonds is 1. The van der Waals surface area contributed by atoms with Crippen LogP contribution in [0.5, 0.6) is 0 Å². The van der Waals surface area contributed by atoms with Crippen molar-refractivity contribution in [3.8, 4) is 0 Å². The minimum absolute atomic E-state index is 0.0232. The second-order valence-corrected chi connectivity index (χ2v) is 6.85. The van der Waals surface area contributed by atoms with Gasteiger partial charge in [0.1, 0.15) is 10.7 Å². The summed E-state index contributed by atoms with van der Waals surface area (Å²) in [4.78, 5) is 24.6. The SMILES string of the molecule is O=C1C2CCCCC2(Cl)C(=O)N1c1cc(Cl)c(Cl)cc1F. The Balaban J connectivity index is 2.09. The van der Waals surface area contributed by atoms with Crippen LogP contribution in [-0.2, 0) is 9.59 Å². The number of benzene rings is 1. The Morgan fingerprint density at radius 3 is 2.52 bits per heavy atom. The van der Waals surface area contributed by atoms with Crippen LogP contribution < -0.4 is 4.90 Å². The Morgan fingerprint density at radius 2 is 1.86 bits per heavy atom. The monoisotopic (exact) mass is 349 g/mol. The van der Waals surface area contributed by atoms with Crippen molar-refractivity contribution in [3.63, 3.8) is 0 Å². The van der Waals surface area contributed by atoms with Crippen LogP contribution in [0.4, 0.5) is 10.1 Å². The molecule has 1 saturated heterocycles. The van der Waals surface area contributed by atoms with E-state index in [1.165, 1.54) is 6.07 Å². The minimum Gasteiger partial charge on any atom is -0.274 e. The Bertz CT molecular complexity index is 651. The average molecular weight is 351 g/mol. The summed E-state index contributed by atoms with van der Waals surface area (Å²) in [5.41, 5.74) is -0.186. The van der Waals surface area contributed by atoms with Gasteiger partial charge in [-0.05, 0) is 25.0 Å². The second-order valence-electron chi connectivity index (χ2n) is 5.36. The van der Waals surface area contributed by atoms with E-state index >= 15 is 0 Å². The van der Waals surface area contributed by atoms with Gasteiger partial charge in [-0.25, -0.2) is 9.29 Å². The van der Waals surface area contributed by atoms with Crippen molar-refractivity contribution >= 4 is 52.3 Å². The molecule has 0 aromatic heterocycles. The Kier molecular flexibility index (Phi) is 3.67. The molecule has 3 nitrogen and oxygen atoms in total. The molecule has 7 heteroatoms. The molecule has 2 fully saturated rings. The summed E-state index contributed by atoms with van der Waals surface area (Å²) in [7, 11) is 0. The van der Waals surface area contributed by atoms with E-state index in [1.807, 2.05) is 0 Å². The highest BCUT2D eigenvalue weighted by Gasteiger charge is 2.59. The van der Waals surface area contributed by atoms with Crippen molar-refractivity contribution in [3.05, 3.63) is 28.0 Å². The zero-order chi connectivity index (χ0) is 15.4. The van der Waals surface area contributed by atoms with E-state index in [-0.39, 0.29) is 15.7 Å². The summed E-state index contributed by atoms with van der Waals surface area (Å²) in [6.07, 6.45) is 2.56. The summed E-state index contributed by atoms with van der Waals surface area (Å²) >= 11 is 18.0. The van der Waals surface area contributed by atoms with E-state index in [1.54, 1.807) is 0 Å². The summed E-state index contributed by atoms with van der Waals surface area (Å²) in [5, 5.41) is 0.0992. The molecule has 0 radical (unpaired) electrons. The highest BCUT2D eigenvalue weighted by molar-refractivity contribution is 6.46. The number of amides is 2. The number of hydrogen-bond acceptors (Lipinski definition) is 2. The highest BCUT2D eigenvalue weighted by atomic mass is 35.5. The first-order chi connectivity index (χ1) is 9.86. The van der Waals surface area contributed by atoms with Crippen LogP contribution in [0.25, 0.3) is 0 Å². The number of halogens is 4. The van der Waals surface area contributed by atoms with E-state index in [2.05, 4.69) is 0 Å². The van der Waals surface area contributed by atoms with Crippen molar-refractivity contribution in [2.45, 2.75) is 30.6 Å². The molecule has 21 heavy (non-hydrogen) atoms. The fourth-order valence-electron chi connectivity index (χ4n) is 3.06. The predicted molar refractivity (Wildman–Crippen MR) is 79.5 cm³/mol. The van der Waals surface area contributed by atoms with Crippen molar-refractivity contribution < 1.29 is 14.0 Å². The van der Waals surface area contributed by atoms with Crippen molar-refractivity contribution in [1.29, 1.82) is 0 Å². The molecule has 1 aromatic carbocycles. The topological polar surface area (TPSA) is 37.4 Å². The zero-order valence-electron chi connectivity index (χ0n) is 10.8. The lowest BCUT2D eigenvalue weighted by Gasteiger charge is -2.28. The molecule has 3 rings (SSSR count). The standard InChI is InChI=1S/C14H11Cl3FNO2/c15-8-5-10(18)11(6-9(8)16)19-12(20)7-3-1-2-4-14(7,17)13(19)21/h5-7H,1-4H2. The normalized spacial score (nSPS) is 29.0. The summed E-state index contributed by atoms with van der Waals surface area (Å²) in [6, 6.07) is 2.18. The molecule has 0 bridgehead atoms. The number of hydrogen-bond donors (Lipinski definition) is 0. The molecular weight excluding hydrogens is 340 g/mol. The van der Waals surface area contributed by atoms with E-state index in [0.717, 1.165) is 23.8 Å². The largest absolute Gasteiger partial charge is 0.274 e. The van der Waals surface area contributed by atoms with Crippen LogP contribution in [0.2, 0.25) is 10.0 Å². The Hall–Kier alpha value is -0.840. The average Bonchev–Trinajstić information content (AvgIpc) is 2.63. The summed E-state index contributed by atoms with van der Waals surface area (Å²) in [5.74, 6) is -2.41. The second kappa shape index (κ2) is 5.11. The van der Waals surface area contributed by atoms with Gasteiger partial charge in [-0.2, -0.15) is 0 Å². The van der Waals surface area contributed by atoms with Crippen LogP contribution in [0.3, 0.4) is 0 Å². The predicted octanol–water partition coefficient (Wildman–Crippen LogP) is 4.17. The highest BCUT2D eigenvalue weighted by Crippen LogP contribution is 2.48. The van der Waals surface area contributed by atoms with E-state index in [9.17, 15) is 14.0 Å². The molecule has 1 saturated carbocycles. The number of carbonyl (C=O) groups is 2. The lowest BCUT2D eigenvalue weighted by Crippen LogP contribution is -2.40. The molecule has 2 amide bonds. The summed E-state index contributed by atoms with van der Waals surface area (Å²) < 4.78 is 14.1. The zero-order valence-corrected chi connectivity index (χ0v) is 13.1. The summed E-state index contributed by atoms with van der Waals surface area (Å²) in [6.45, 7) is 0. The third kappa shape index (κ3) is 2.16. The first-order valence-electron chi connectivity index (χ1n) is 6.58. The molecule has 0 N–H and O–H groups in total. The van der Waals surface area contributed by atoms with Gasteiger partial charge in [0.05, 0.1) is 21.7 Å². The van der Waals surface area contributed by atoms with Crippen molar-refractivity contribution in [2.75, 3.05) is 4.90 Å². The first-order valence-corrected chi connectivity index (χ1v) is 7.71. The quantitative estimate of drug-likeness (QED) is 0.433. The van der Waals surface area contributed by atoms with Gasteiger partial charge in [0.25, 0.3) is 5.91 Å². The fourth-order valence-corrected chi connectivity index (χ4v) is 3.79. The van der Waals surface area contributed by atoms with Gasteiger partial charge >= 0.3 is 0 Å². The molecule has 112 valence electrons. The molecule has 1 aliphatic heterocycles. The van der Waals surface area contributed by atoms with Crippen LogP contribution in [0.1, 0.15) is 25.7 Å². The fraction of sp³-hybridized carbons (Fsp3) is 0.429. The number of imide groups is 1. The minimum atomic E-state index is -1.26. The van der Waals surface area contributed by atoms with Gasteiger partial charge in [-0.15, -0.1) is 11.6 Å². The van der Waals surface area contributed by atoms with Crippen LogP contribution in [0, 0.1) is 11.7 Å². The van der Waals surface area contributed by atoms with Gasteiger partial charge in [0, 0.05) is 0 Å². The van der Waals surface area contributed by atoms with Gasteiger partial charge in [-0.1, -0.05) is 36.0 Å². The Morgan fingerprint density at radius 1 is 1.19 bits per heavy atom. The Labute approximate surface area is 135 Å². The first kappa shape index (κ1) is 15.1. The van der Waals surface area contributed by atoms with Crippen molar-refractivity contribution in [2.24, 2.45) is 5.92 Å².